The molecular formula is C22H30FN3O3S. The van der Waals surface area contributed by atoms with Crippen LogP contribution in [0.2, 0.25) is 0 Å². The summed E-state index contributed by atoms with van der Waals surface area (Å²) in [6.45, 7) is 8.11. The molecule has 0 saturated carbocycles. The predicted molar refractivity (Wildman–Crippen MR) is 117 cm³/mol. The third-order valence-corrected chi connectivity index (χ3v) is 7.06. The molecule has 0 atom stereocenters. The second-order valence-electron chi connectivity index (χ2n) is 7.62. The number of rotatable bonds is 8. The van der Waals surface area contributed by atoms with Gasteiger partial charge in [-0.1, -0.05) is 12.1 Å². The smallest absolute Gasteiger partial charge is 0.244 e. The first-order chi connectivity index (χ1) is 14.3. The second-order valence-corrected chi connectivity index (χ2v) is 9.35. The van der Waals surface area contributed by atoms with Gasteiger partial charge in [0.2, 0.25) is 10.0 Å². The Bertz CT molecular complexity index is 974. The van der Waals surface area contributed by atoms with Crippen LogP contribution < -0.4 is 14.4 Å². The van der Waals surface area contributed by atoms with Crippen LogP contribution in [-0.2, 0) is 10.0 Å². The molecule has 0 aliphatic carbocycles. The number of nitrogens with zero attached hydrogens (tertiary/aromatic N) is 2. The minimum Gasteiger partial charge on any atom is -0.495 e. The van der Waals surface area contributed by atoms with Crippen molar-refractivity contribution in [2.75, 3.05) is 51.3 Å². The fourth-order valence-electron chi connectivity index (χ4n) is 3.64. The van der Waals surface area contributed by atoms with Crippen molar-refractivity contribution in [3.05, 3.63) is 53.3 Å². The lowest BCUT2D eigenvalue weighted by Gasteiger charge is -2.36. The van der Waals surface area contributed by atoms with E-state index in [9.17, 15) is 12.8 Å². The highest BCUT2D eigenvalue weighted by atomic mass is 32.2. The van der Waals surface area contributed by atoms with E-state index in [4.69, 9.17) is 4.74 Å². The number of anilines is 1. The molecule has 8 heteroatoms. The molecule has 1 saturated heterocycles. The van der Waals surface area contributed by atoms with E-state index >= 15 is 0 Å². The van der Waals surface area contributed by atoms with Crippen LogP contribution in [0.3, 0.4) is 0 Å². The van der Waals surface area contributed by atoms with Crippen LogP contribution >= 0.6 is 0 Å². The van der Waals surface area contributed by atoms with E-state index in [1.165, 1.54) is 13.2 Å². The first-order valence-electron chi connectivity index (χ1n) is 10.2. The van der Waals surface area contributed by atoms with Crippen molar-refractivity contribution < 1.29 is 17.5 Å². The monoisotopic (exact) mass is 435 g/mol. The lowest BCUT2D eigenvalue weighted by atomic mass is 10.1. The van der Waals surface area contributed by atoms with Crippen LogP contribution in [0.1, 0.15) is 17.5 Å². The number of nitrogens with one attached hydrogen (secondary N) is 1. The van der Waals surface area contributed by atoms with E-state index in [0.717, 1.165) is 43.9 Å². The molecule has 1 N–H and O–H groups in total. The molecule has 1 aliphatic heterocycles. The van der Waals surface area contributed by atoms with Gasteiger partial charge in [-0.05, 0) is 62.2 Å². The quantitative estimate of drug-likeness (QED) is 0.646. The average Bonchev–Trinajstić information content (AvgIpc) is 2.73. The van der Waals surface area contributed by atoms with Gasteiger partial charge in [-0.25, -0.2) is 17.5 Å². The van der Waals surface area contributed by atoms with Crippen molar-refractivity contribution in [2.45, 2.75) is 25.2 Å². The Morgan fingerprint density at radius 3 is 2.40 bits per heavy atom. The van der Waals surface area contributed by atoms with Crippen LogP contribution in [0.4, 0.5) is 10.1 Å². The summed E-state index contributed by atoms with van der Waals surface area (Å²) < 4.78 is 47.3. The molecule has 0 bridgehead atoms. The van der Waals surface area contributed by atoms with E-state index in [1.807, 2.05) is 19.9 Å². The van der Waals surface area contributed by atoms with Crippen LogP contribution in [0, 0.1) is 19.7 Å². The first-order valence-corrected chi connectivity index (χ1v) is 11.7. The van der Waals surface area contributed by atoms with Crippen molar-refractivity contribution in [1.82, 2.24) is 9.62 Å². The standard InChI is InChI=1S/C22H30FN3O3S/c1-17-15-21(29-3)22(16-18(17)2)30(27,28)24-9-6-10-25-11-13-26(14-12-25)20-8-5-4-7-19(20)23/h4-5,7-8,15-16,24H,6,9-14H2,1-3H3. The summed E-state index contributed by atoms with van der Waals surface area (Å²) in [7, 11) is -2.16. The summed E-state index contributed by atoms with van der Waals surface area (Å²) in [5.74, 6) is 0.164. The average molecular weight is 436 g/mol. The van der Waals surface area contributed by atoms with E-state index in [2.05, 4.69) is 14.5 Å². The molecule has 2 aromatic rings. The number of ether oxygens (including phenoxy) is 1. The molecule has 3 rings (SSSR count). The summed E-state index contributed by atoms with van der Waals surface area (Å²) >= 11 is 0. The number of piperazine rings is 1. The van der Waals surface area contributed by atoms with E-state index < -0.39 is 10.0 Å². The Balaban J connectivity index is 1.48. The number of sulfonamides is 1. The van der Waals surface area contributed by atoms with Crippen molar-refractivity contribution in [3.63, 3.8) is 0 Å². The summed E-state index contributed by atoms with van der Waals surface area (Å²) in [5.41, 5.74) is 2.54. The number of hydrogen-bond acceptors (Lipinski definition) is 5. The van der Waals surface area contributed by atoms with Crippen LogP contribution in [0.25, 0.3) is 0 Å². The number of hydrogen-bond donors (Lipinski definition) is 1. The molecule has 2 aromatic carbocycles. The van der Waals surface area contributed by atoms with Gasteiger partial charge in [0, 0.05) is 32.7 Å². The predicted octanol–water partition coefficient (Wildman–Crippen LogP) is 2.94. The van der Waals surface area contributed by atoms with Gasteiger partial charge in [0.1, 0.15) is 16.5 Å². The molecular weight excluding hydrogens is 405 g/mol. The van der Waals surface area contributed by atoms with Gasteiger partial charge in [0.15, 0.2) is 0 Å². The molecule has 0 unspecified atom stereocenters. The van der Waals surface area contributed by atoms with Gasteiger partial charge in [0.05, 0.1) is 12.8 Å². The number of methoxy groups -OCH3 is 1. The van der Waals surface area contributed by atoms with Crippen molar-refractivity contribution in [3.8, 4) is 5.75 Å². The largest absolute Gasteiger partial charge is 0.495 e. The number of para-hydroxylation sites is 1. The van der Waals surface area contributed by atoms with Gasteiger partial charge in [-0.3, -0.25) is 4.90 Å². The molecule has 0 spiro atoms. The molecule has 0 aromatic heterocycles. The van der Waals surface area contributed by atoms with Crippen molar-refractivity contribution in [2.24, 2.45) is 0 Å². The van der Waals surface area contributed by atoms with Crippen molar-refractivity contribution in [1.29, 1.82) is 0 Å². The molecule has 1 aliphatic rings. The SMILES string of the molecule is COc1cc(C)c(C)cc1S(=O)(=O)NCCCN1CCN(c2ccccc2F)CC1. The fourth-order valence-corrected chi connectivity index (χ4v) is 4.95. The molecule has 0 amide bonds. The summed E-state index contributed by atoms with van der Waals surface area (Å²) in [4.78, 5) is 4.51. The minimum atomic E-state index is -3.64. The Morgan fingerprint density at radius 2 is 1.73 bits per heavy atom. The highest BCUT2D eigenvalue weighted by Gasteiger charge is 2.21. The number of aryl methyl sites for hydroxylation is 2. The van der Waals surface area contributed by atoms with Gasteiger partial charge < -0.3 is 9.64 Å². The van der Waals surface area contributed by atoms with Gasteiger partial charge in [-0.15, -0.1) is 0 Å². The lowest BCUT2D eigenvalue weighted by Crippen LogP contribution is -2.47. The zero-order valence-corrected chi connectivity index (χ0v) is 18.6. The molecule has 6 nitrogen and oxygen atoms in total. The highest BCUT2D eigenvalue weighted by molar-refractivity contribution is 7.89. The van der Waals surface area contributed by atoms with Gasteiger partial charge in [-0.2, -0.15) is 0 Å². The first kappa shape index (κ1) is 22.5. The normalized spacial score (nSPS) is 15.4. The fraction of sp³-hybridized carbons (Fsp3) is 0.455. The minimum absolute atomic E-state index is 0.173. The van der Waals surface area contributed by atoms with Crippen molar-refractivity contribution >= 4 is 15.7 Å². The summed E-state index contributed by atoms with van der Waals surface area (Å²) in [5, 5.41) is 0. The number of halogens is 1. The second kappa shape index (κ2) is 9.76. The summed E-state index contributed by atoms with van der Waals surface area (Å²) in [6.07, 6.45) is 0.700. The van der Waals surface area contributed by atoms with Crippen LogP contribution in [0.5, 0.6) is 5.75 Å². The molecule has 30 heavy (non-hydrogen) atoms. The Kier molecular flexibility index (Phi) is 7.33. The highest BCUT2D eigenvalue weighted by Crippen LogP contribution is 2.27. The Labute approximate surface area is 178 Å². The Morgan fingerprint density at radius 1 is 1.07 bits per heavy atom. The van der Waals surface area contributed by atoms with Crippen LogP contribution in [0.15, 0.2) is 41.3 Å². The lowest BCUT2D eigenvalue weighted by molar-refractivity contribution is 0.255. The molecule has 1 fully saturated rings. The van der Waals surface area contributed by atoms with E-state index in [0.29, 0.717) is 24.4 Å². The molecule has 164 valence electrons. The topological polar surface area (TPSA) is 61.9 Å². The third-order valence-electron chi connectivity index (χ3n) is 5.58. The van der Waals surface area contributed by atoms with Crippen LogP contribution in [-0.4, -0.2) is 59.7 Å². The maximum Gasteiger partial charge on any atom is 0.244 e. The van der Waals surface area contributed by atoms with E-state index in [1.54, 1.807) is 24.3 Å². The molecule has 0 radical (unpaired) electrons. The van der Waals surface area contributed by atoms with E-state index in [-0.39, 0.29) is 10.7 Å². The maximum absolute atomic E-state index is 13.9. The number of benzene rings is 2. The maximum atomic E-state index is 13.9. The zero-order valence-electron chi connectivity index (χ0n) is 17.8. The molecule has 1 heterocycles. The summed E-state index contributed by atoms with van der Waals surface area (Å²) in [6, 6.07) is 10.2. The van der Waals surface area contributed by atoms with Gasteiger partial charge >= 0.3 is 0 Å². The Hall–Kier alpha value is -2.16. The zero-order chi connectivity index (χ0) is 21.7. The third kappa shape index (κ3) is 5.30. The van der Waals surface area contributed by atoms with Gasteiger partial charge in [0.25, 0.3) is 0 Å².